The maximum atomic E-state index is 3.92. The highest BCUT2D eigenvalue weighted by atomic mass is 14.1. The monoisotopic (exact) mass is 318 g/mol. The van der Waals surface area contributed by atoms with Gasteiger partial charge in [0.25, 0.3) is 0 Å². The standard InChI is InChI=1S/C21H20.C2H6.CH4/c1-4-6-7-12-17(3)19-14-10-11-16-21(19)20-15-9-8-13-18(20)5-2;1-2;/h4-16H,1-2H2,3H3;1-2H3;1H4/b7-6-,17-12+;;. The van der Waals surface area contributed by atoms with Crippen LogP contribution in [0.15, 0.2) is 86.0 Å². The summed E-state index contributed by atoms with van der Waals surface area (Å²) in [5, 5.41) is 0. The third-order valence-corrected chi connectivity index (χ3v) is 3.42. The number of rotatable bonds is 5. The van der Waals surface area contributed by atoms with E-state index >= 15 is 0 Å². The van der Waals surface area contributed by atoms with Crippen LogP contribution in [-0.2, 0) is 0 Å². The van der Waals surface area contributed by atoms with Crippen molar-refractivity contribution < 1.29 is 0 Å². The van der Waals surface area contributed by atoms with Crippen molar-refractivity contribution >= 4 is 11.6 Å². The van der Waals surface area contributed by atoms with Gasteiger partial charge in [0.15, 0.2) is 0 Å². The molecule has 0 saturated carbocycles. The summed E-state index contributed by atoms with van der Waals surface area (Å²) < 4.78 is 0. The van der Waals surface area contributed by atoms with Crippen molar-refractivity contribution in [2.24, 2.45) is 0 Å². The molecule has 126 valence electrons. The molecule has 0 unspecified atom stereocenters. The second kappa shape index (κ2) is 11.9. The minimum Gasteiger partial charge on any atom is -0.0991 e. The van der Waals surface area contributed by atoms with Crippen molar-refractivity contribution in [3.63, 3.8) is 0 Å². The first-order valence-corrected chi connectivity index (χ1v) is 8.05. The van der Waals surface area contributed by atoms with Gasteiger partial charge < -0.3 is 0 Å². The fourth-order valence-corrected chi connectivity index (χ4v) is 2.35. The Labute approximate surface area is 148 Å². The maximum absolute atomic E-state index is 3.92. The highest BCUT2D eigenvalue weighted by molar-refractivity contribution is 5.85. The lowest BCUT2D eigenvalue weighted by Crippen LogP contribution is -1.89. The van der Waals surface area contributed by atoms with Gasteiger partial charge in [0, 0.05) is 0 Å². The number of hydrogen-bond donors (Lipinski definition) is 0. The van der Waals surface area contributed by atoms with E-state index in [0.717, 1.165) is 5.56 Å². The minimum absolute atomic E-state index is 0. The van der Waals surface area contributed by atoms with Crippen LogP contribution in [0.2, 0.25) is 0 Å². The van der Waals surface area contributed by atoms with E-state index in [4.69, 9.17) is 0 Å². The molecule has 2 rings (SSSR count). The van der Waals surface area contributed by atoms with Crippen molar-refractivity contribution in [2.75, 3.05) is 0 Å². The largest absolute Gasteiger partial charge is 0.0991 e. The van der Waals surface area contributed by atoms with Gasteiger partial charge >= 0.3 is 0 Å². The SMILES string of the molecule is C.C=C/C=C\C=C(/C)c1ccccc1-c1ccccc1C=C.CC. The Morgan fingerprint density at radius 1 is 0.833 bits per heavy atom. The Kier molecular flexibility index (Phi) is 10.6. The Bertz CT molecular complexity index is 699. The van der Waals surface area contributed by atoms with Crippen LogP contribution in [0.4, 0.5) is 0 Å². The Morgan fingerprint density at radius 3 is 2.04 bits per heavy atom. The van der Waals surface area contributed by atoms with E-state index in [1.807, 2.05) is 38.1 Å². The lowest BCUT2D eigenvalue weighted by atomic mass is 9.92. The van der Waals surface area contributed by atoms with Crippen LogP contribution in [0.3, 0.4) is 0 Å². The van der Waals surface area contributed by atoms with E-state index in [-0.39, 0.29) is 7.43 Å². The summed E-state index contributed by atoms with van der Waals surface area (Å²) in [6, 6.07) is 16.8. The summed E-state index contributed by atoms with van der Waals surface area (Å²) in [4.78, 5) is 0. The van der Waals surface area contributed by atoms with Gasteiger partial charge in [-0.15, -0.1) is 0 Å². The molecule has 0 aliphatic heterocycles. The zero-order chi connectivity index (χ0) is 17.1. The van der Waals surface area contributed by atoms with Crippen molar-refractivity contribution in [1.29, 1.82) is 0 Å². The molecule has 0 heteroatoms. The molecule has 0 N–H and O–H groups in total. The quantitative estimate of drug-likeness (QED) is 0.493. The average Bonchev–Trinajstić information content (AvgIpc) is 2.63. The Balaban J connectivity index is 0.00000170. The van der Waals surface area contributed by atoms with Gasteiger partial charge in [-0.2, -0.15) is 0 Å². The first-order valence-electron chi connectivity index (χ1n) is 8.05. The van der Waals surface area contributed by atoms with Crippen molar-refractivity contribution in [2.45, 2.75) is 28.2 Å². The number of hydrogen-bond acceptors (Lipinski definition) is 0. The van der Waals surface area contributed by atoms with E-state index in [2.05, 4.69) is 68.6 Å². The van der Waals surface area contributed by atoms with Crippen molar-refractivity contribution in [3.05, 3.63) is 97.1 Å². The number of benzene rings is 2. The first-order chi connectivity index (χ1) is 11.3. The fourth-order valence-electron chi connectivity index (χ4n) is 2.35. The zero-order valence-corrected chi connectivity index (χ0v) is 14.4. The molecule has 0 bridgehead atoms. The Morgan fingerprint density at radius 2 is 1.42 bits per heavy atom. The lowest BCUT2D eigenvalue weighted by molar-refractivity contribution is 1.50. The lowest BCUT2D eigenvalue weighted by Gasteiger charge is -2.12. The normalized spacial score (nSPS) is 10.4. The van der Waals surface area contributed by atoms with Crippen LogP contribution in [0.5, 0.6) is 0 Å². The number of allylic oxidation sites excluding steroid dienone is 5. The molecule has 0 amide bonds. The smallest absolute Gasteiger partial charge is 0.0103 e. The maximum Gasteiger partial charge on any atom is -0.0103 e. The summed E-state index contributed by atoms with van der Waals surface area (Å²) >= 11 is 0. The molecule has 0 radical (unpaired) electrons. The van der Waals surface area contributed by atoms with E-state index in [1.54, 1.807) is 6.08 Å². The van der Waals surface area contributed by atoms with Gasteiger partial charge in [0.2, 0.25) is 0 Å². The molecule has 0 nitrogen and oxygen atoms in total. The average molecular weight is 319 g/mol. The van der Waals surface area contributed by atoms with Gasteiger partial charge in [0.05, 0.1) is 0 Å². The summed E-state index contributed by atoms with van der Waals surface area (Å²) in [5.74, 6) is 0. The summed E-state index contributed by atoms with van der Waals surface area (Å²) in [6.07, 6.45) is 9.74. The molecule has 2 aromatic rings. The van der Waals surface area contributed by atoms with Gasteiger partial charge in [0.1, 0.15) is 0 Å². The highest BCUT2D eigenvalue weighted by Gasteiger charge is 2.08. The van der Waals surface area contributed by atoms with Gasteiger partial charge in [-0.05, 0) is 34.8 Å². The first kappa shape index (κ1) is 21.4. The van der Waals surface area contributed by atoms with E-state index in [1.165, 1.54) is 22.3 Å². The molecule has 24 heavy (non-hydrogen) atoms. The van der Waals surface area contributed by atoms with Crippen LogP contribution in [-0.4, -0.2) is 0 Å². The fraction of sp³-hybridized carbons (Fsp3) is 0.167. The van der Waals surface area contributed by atoms with E-state index < -0.39 is 0 Å². The molecular weight excluding hydrogens is 288 g/mol. The third kappa shape index (κ3) is 5.55. The highest BCUT2D eigenvalue weighted by Crippen LogP contribution is 2.31. The zero-order valence-electron chi connectivity index (χ0n) is 14.4. The molecule has 0 saturated heterocycles. The molecule has 0 aromatic heterocycles. The predicted octanol–water partition coefficient (Wildman–Crippen LogP) is 7.80. The summed E-state index contributed by atoms with van der Waals surface area (Å²) in [7, 11) is 0. The van der Waals surface area contributed by atoms with Gasteiger partial charge in [-0.1, -0.05) is 113 Å². The van der Waals surface area contributed by atoms with Crippen LogP contribution >= 0.6 is 0 Å². The van der Waals surface area contributed by atoms with E-state index in [9.17, 15) is 0 Å². The summed E-state index contributed by atoms with van der Waals surface area (Å²) in [6.45, 7) is 13.7. The Hall–Kier alpha value is -2.60. The van der Waals surface area contributed by atoms with Crippen molar-refractivity contribution in [1.82, 2.24) is 0 Å². The van der Waals surface area contributed by atoms with Crippen LogP contribution in [0.1, 0.15) is 39.3 Å². The minimum atomic E-state index is 0. The van der Waals surface area contributed by atoms with Crippen LogP contribution in [0, 0.1) is 0 Å². The third-order valence-electron chi connectivity index (χ3n) is 3.42. The topological polar surface area (TPSA) is 0 Å². The predicted molar refractivity (Wildman–Crippen MR) is 113 cm³/mol. The molecule has 0 spiro atoms. The van der Waals surface area contributed by atoms with Gasteiger partial charge in [-0.25, -0.2) is 0 Å². The van der Waals surface area contributed by atoms with Gasteiger partial charge in [-0.3, -0.25) is 0 Å². The second-order valence-electron chi connectivity index (χ2n) is 4.81. The molecule has 0 aliphatic rings. The van der Waals surface area contributed by atoms with Crippen molar-refractivity contribution in [3.8, 4) is 11.1 Å². The molecular formula is C24H30. The molecule has 2 aromatic carbocycles. The molecule has 0 heterocycles. The van der Waals surface area contributed by atoms with Crippen LogP contribution < -0.4 is 0 Å². The van der Waals surface area contributed by atoms with E-state index in [0.29, 0.717) is 0 Å². The summed E-state index contributed by atoms with van der Waals surface area (Å²) in [5.41, 5.74) is 6.06. The molecule has 0 aliphatic carbocycles. The molecule has 0 fully saturated rings. The van der Waals surface area contributed by atoms with Crippen LogP contribution in [0.25, 0.3) is 22.8 Å². The second-order valence-corrected chi connectivity index (χ2v) is 4.81. The molecule has 0 atom stereocenters.